The van der Waals surface area contributed by atoms with Gasteiger partial charge in [0, 0.05) is 65.8 Å². The van der Waals surface area contributed by atoms with Crippen molar-refractivity contribution in [2.45, 2.75) is 13.8 Å². The maximum Gasteiger partial charge on any atom is 0.0542 e. The van der Waals surface area contributed by atoms with Crippen LogP contribution in [0, 0.1) is 0 Å². The third-order valence-electron chi connectivity index (χ3n) is 12.3. The zero-order valence-corrected chi connectivity index (χ0v) is 33.4. The smallest absolute Gasteiger partial charge is 0.0542 e. The van der Waals surface area contributed by atoms with Gasteiger partial charge in [0.2, 0.25) is 0 Å². The molecule has 4 nitrogen and oxygen atoms in total. The minimum atomic E-state index is 1.13. The Morgan fingerprint density at radius 2 is 0.433 bits per heavy atom. The van der Waals surface area contributed by atoms with Gasteiger partial charge < -0.3 is 18.3 Å². The maximum atomic E-state index is 2.43. The number of rotatable bonds is 4. The second kappa shape index (κ2) is 13.4. The normalized spacial score (nSPS) is 11.8. The topological polar surface area (TPSA) is 19.7 Å². The van der Waals surface area contributed by atoms with E-state index in [1.165, 1.54) is 87.2 Å². The Bertz CT molecular complexity index is 3460. The molecule has 0 saturated heterocycles. The standard InChI is InChI=1S/C54H34N4.C2H6/c1-7-22-47-39(16-1)40-17-2-8-23-48(40)57(47)37-28-30-53-45(33-37)43-20-5-11-26-51(43)55(53)35-14-13-15-36(32-35)56-52-27-12-6-21-44(52)46-34-38(29-31-54(46)56)58-49-24-9-3-18-41(49)42-19-4-10-25-50(42)58;1-2/h1-34H;1-2H3. The summed E-state index contributed by atoms with van der Waals surface area (Å²) >= 11 is 0. The van der Waals surface area contributed by atoms with E-state index in [1.807, 2.05) is 13.8 Å². The quantitative estimate of drug-likeness (QED) is 0.170. The molecule has 4 aromatic heterocycles. The third-order valence-corrected chi connectivity index (χ3v) is 12.3. The van der Waals surface area contributed by atoms with Crippen molar-refractivity contribution in [2.75, 3.05) is 0 Å². The second-order valence-electron chi connectivity index (χ2n) is 15.4. The Morgan fingerprint density at radius 1 is 0.200 bits per heavy atom. The van der Waals surface area contributed by atoms with Gasteiger partial charge in [-0.15, -0.1) is 0 Å². The summed E-state index contributed by atoms with van der Waals surface area (Å²) in [5.41, 5.74) is 14.2. The number of hydrogen-bond acceptors (Lipinski definition) is 0. The van der Waals surface area contributed by atoms with Crippen LogP contribution in [0.15, 0.2) is 206 Å². The summed E-state index contributed by atoms with van der Waals surface area (Å²) in [7, 11) is 0. The van der Waals surface area contributed by atoms with Gasteiger partial charge in [0.15, 0.2) is 0 Å². The number of hydrogen-bond donors (Lipinski definition) is 0. The number of fused-ring (bicyclic) bond motifs is 12. The molecule has 0 atom stereocenters. The van der Waals surface area contributed by atoms with Crippen LogP contribution in [0.2, 0.25) is 0 Å². The Labute approximate surface area is 347 Å². The maximum absolute atomic E-state index is 2.43. The van der Waals surface area contributed by atoms with Crippen LogP contribution in [-0.2, 0) is 0 Å². The van der Waals surface area contributed by atoms with E-state index >= 15 is 0 Å². The van der Waals surface area contributed by atoms with Gasteiger partial charge in [0.1, 0.15) is 0 Å². The van der Waals surface area contributed by atoms with Crippen molar-refractivity contribution in [3.8, 4) is 22.7 Å². The number of para-hydroxylation sites is 6. The van der Waals surface area contributed by atoms with Crippen molar-refractivity contribution < 1.29 is 0 Å². The molecule has 0 amide bonds. The van der Waals surface area contributed by atoms with Gasteiger partial charge in [-0.1, -0.05) is 129 Å². The molecule has 0 bridgehead atoms. The molecule has 0 fully saturated rings. The van der Waals surface area contributed by atoms with Crippen LogP contribution in [-0.4, -0.2) is 18.3 Å². The SMILES string of the molecule is CC.c1cc(-n2c3ccccc3c3cc(-n4c5ccccc5c5ccccc54)ccc32)cc(-n2c3ccccc3c3cc(-n4c5ccccc5c5ccccc54)ccc32)c1. The minimum Gasteiger partial charge on any atom is -0.309 e. The van der Waals surface area contributed by atoms with Crippen LogP contribution in [0.25, 0.3) is 110 Å². The Hall–Kier alpha value is -7.82. The predicted molar refractivity (Wildman–Crippen MR) is 255 cm³/mol. The van der Waals surface area contributed by atoms with Crippen molar-refractivity contribution in [3.63, 3.8) is 0 Å². The highest BCUT2D eigenvalue weighted by molar-refractivity contribution is 6.14. The van der Waals surface area contributed by atoms with Gasteiger partial charge >= 0.3 is 0 Å². The Balaban J connectivity index is 0.00000191. The molecular formula is C56H40N4. The average Bonchev–Trinajstić information content (AvgIpc) is 4.04. The molecule has 0 saturated carbocycles. The fourth-order valence-electron chi connectivity index (χ4n) is 9.93. The van der Waals surface area contributed by atoms with E-state index in [0.717, 1.165) is 22.7 Å². The second-order valence-corrected chi connectivity index (χ2v) is 15.4. The zero-order valence-electron chi connectivity index (χ0n) is 33.4. The average molecular weight is 769 g/mol. The van der Waals surface area contributed by atoms with Crippen molar-refractivity contribution in [2.24, 2.45) is 0 Å². The van der Waals surface area contributed by atoms with E-state index < -0.39 is 0 Å². The summed E-state index contributed by atoms with van der Waals surface area (Å²) in [5, 5.41) is 10.0. The van der Waals surface area contributed by atoms with E-state index in [1.54, 1.807) is 0 Å². The highest BCUT2D eigenvalue weighted by Crippen LogP contribution is 2.40. The van der Waals surface area contributed by atoms with E-state index in [9.17, 15) is 0 Å². The first-order chi connectivity index (χ1) is 29.8. The van der Waals surface area contributed by atoms with E-state index in [2.05, 4.69) is 225 Å². The summed E-state index contributed by atoms with van der Waals surface area (Å²) < 4.78 is 9.67. The summed E-state index contributed by atoms with van der Waals surface area (Å²) in [6.45, 7) is 4.00. The summed E-state index contributed by atoms with van der Waals surface area (Å²) in [4.78, 5) is 0. The number of benzene rings is 9. The molecular weight excluding hydrogens is 729 g/mol. The van der Waals surface area contributed by atoms with E-state index in [-0.39, 0.29) is 0 Å². The molecule has 0 unspecified atom stereocenters. The Kier molecular flexibility index (Phi) is 7.63. The van der Waals surface area contributed by atoms with Crippen molar-refractivity contribution in [1.82, 2.24) is 18.3 Å². The monoisotopic (exact) mass is 768 g/mol. The van der Waals surface area contributed by atoms with Crippen molar-refractivity contribution in [3.05, 3.63) is 206 Å². The summed E-state index contributed by atoms with van der Waals surface area (Å²) in [6.07, 6.45) is 0. The first-order valence-corrected chi connectivity index (χ1v) is 20.9. The highest BCUT2D eigenvalue weighted by Gasteiger charge is 2.19. The molecule has 9 aromatic carbocycles. The molecule has 0 aliphatic heterocycles. The molecule has 13 rings (SSSR count). The lowest BCUT2D eigenvalue weighted by atomic mass is 10.1. The lowest BCUT2D eigenvalue weighted by Crippen LogP contribution is -1.99. The fourth-order valence-corrected chi connectivity index (χ4v) is 9.93. The predicted octanol–water partition coefficient (Wildman–Crippen LogP) is 15.1. The molecule has 0 N–H and O–H groups in total. The van der Waals surface area contributed by atoms with Gasteiger partial charge in [-0.2, -0.15) is 0 Å². The molecule has 284 valence electrons. The van der Waals surface area contributed by atoms with Crippen molar-refractivity contribution in [1.29, 1.82) is 0 Å². The van der Waals surface area contributed by atoms with Crippen LogP contribution < -0.4 is 0 Å². The lowest BCUT2D eigenvalue weighted by molar-refractivity contribution is 1.13. The van der Waals surface area contributed by atoms with E-state index in [0.29, 0.717) is 0 Å². The van der Waals surface area contributed by atoms with Crippen LogP contribution in [0.5, 0.6) is 0 Å². The van der Waals surface area contributed by atoms with Gasteiger partial charge in [-0.3, -0.25) is 0 Å². The van der Waals surface area contributed by atoms with Crippen LogP contribution in [0.4, 0.5) is 0 Å². The molecule has 4 heteroatoms. The first-order valence-electron chi connectivity index (χ1n) is 20.9. The zero-order chi connectivity index (χ0) is 39.9. The highest BCUT2D eigenvalue weighted by atomic mass is 15.0. The summed E-state index contributed by atoms with van der Waals surface area (Å²) in [6, 6.07) is 75.5. The number of aromatic nitrogens is 4. The fraction of sp³-hybridized carbons (Fsp3) is 0.0357. The molecule has 0 aliphatic rings. The van der Waals surface area contributed by atoms with Crippen LogP contribution in [0.1, 0.15) is 13.8 Å². The molecule has 4 heterocycles. The largest absolute Gasteiger partial charge is 0.309 e. The van der Waals surface area contributed by atoms with Gasteiger partial charge in [0.05, 0.1) is 44.1 Å². The molecule has 0 spiro atoms. The van der Waals surface area contributed by atoms with Gasteiger partial charge in [0.25, 0.3) is 0 Å². The van der Waals surface area contributed by atoms with Crippen LogP contribution >= 0.6 is 0 Å². The molecule has 0 aliphatic carbocycles. The third kappa shape index (κ3) is 4.85. The van der Waals surface area contributed by atoms with Gasteiger partial charge in [-0.25, -0.2) is 0 Å². The van der Waals surface area contributed by atoms with Crippen LogP contribution in [0.3, 0.4) is 0 Å². The van der Waals surface area contributed by atoms with Gasteiger partial charge in [-0.05, 0) is 91.0 Å². The van der Waals surface area contributed by atoms with Crippen molar-refractivity contribution >= 4 is 87.2 Å². The lowest BCUT2D eigenvalue weighted by Gasteiger charge is -2.13. The van der Waals surface area contributed by atoms with E-state index in [4.69, 9.17) is 0 Å². The minimum absolute atomic E-state index is 1.13. The first kappa shape index (κ1) is 34.2. The number of nitrogens with zero attached hydrogens (tertiary/aromatic N) is 4. The Morgan fingerprint density at radius 3 is 0.733 bits per heavy atom. The summed E-state index contributed by atoms with van der Waals surface area (Å²) in [5.74, 6) is 0. The molecule has 0 radical (unpaired) electrons. The molecule has 60 heavy (non-hydrogen) atoms. The molecule has 13 aromatic rings.